The summed E-state index contributed by atoms with van der Waals surface area (Å²) in [6, 6.07) is 8.63. The van der Waals surface area contributed by atoms with E-state index < -0.39 is 6.10 Å². The maximum Gasteiger partial charge on any atom is 0.189 e. The normalized spacial score (nSPS) is 19.4. The molecule has 118 valence electrons. The number of hydrogen-bond acceptors (Lipinski definition) is 4. The zero-order valence-corrected chi connectivity index (χ0v) is 13.5. The molecule has 0 fully saturated rings. The first-order valence-corrected chi connectivity index (χ1v) is 7.89. The Labute approximate surface area is 142 Å². The van der Waals surface area contributed by atoms with E-state index in [1.807, 2.05) is 0 Å². The van der Waals surface area contributed by atoms with Gasteiger partial charge in [0.15, 0.2) is 12.6 Å². The van der Waals surface area contributed by atoms with E-state index in [9.17, 15) is 4.79 Å². The monoisotopic (exact) mass is 350 g/mol. The third kappa shape index (κ3) is 2.67. The smallest absolute Gasteiger partial charge is 0.189 e. The molecule has 2 aromatic rings. The largest absolute Gasteiger partial charge is 0.484 e. The van der Waals surface area contributed by atoms with Crippen LogP contribution in [-0.4, -0.2) is 12.6 Å². The lowest BCUT2D eigenvalue weighted by Gasteiger charge is -2.29. The summed E-state index contributed by atoms with van der Waals surface area (Å²) in [5, 5.41) is 1.07. The molecule has 2 aliphatic heterocycles. The Morgan fingerprint density at radius 3 is 2.83 bits per heavy atom. The summed E-state index contributed by atoms with van der Waals surface area (Å²) in [6.45, 7) is 0.601. The van der Waals surface area contributed by atoms with Crippen LogP contribution in [0.2, 0.25) is 10.0 Å². The quantitative estimate of drug-likeness (QED) is 0.755. The topological polar surface area (TPSA) is 44.8 Å². The van der Waals surface area contributed by atoms with Crippen LogP contribution in [0.5, 0.6) is 11.5 Å². The Morgan fingerprint density at radius 2 is 1.96 bits per heavy atom. The fourth-order valence-corrected chi connectivity index (χ4v) is 3.34. The summed E-state index contributed by atoms with van der Waals surface area (Å²) in [7, 11) is 0. The van der Waals surface area contributed by atoms with Gasteiger partial charge in [-0.2, -0.15) is 0 Å². The molecule has 1 unspecified atom stereocenters. The number of carbonyl (C=O) groups excluding carboxylic acids is 1. The number of benzene rings is 2. The molecule has 0 spiro atoms. The predicted octanol–water partition coefficient (Wildman–Crippen LogP) is 4.57. The van der Waals surface area contributed by atoms with E-state index in [1.165, 1.54) is 0 Å². The molecule has 2 heterocycles. The number of carbonyl (C=O) groups is 1. The minimum Gasteiger partial charge on any atom is -0.484 e. The number of hydrogen-bond donors (Lipinski definition) is 0. The summed E-state index contributed by atoms with van der Waals surface area (Å²) in [5.74, 6) is 1.20. The van der Waals surface area contributed by atoms with Gasteiger partial charge in [0.2, 0.25) is 0 Å². The molecular weight excluding hydrogens is 339 g/mol. The van der Waals surface area contributed by atoms with Gasteiger partial charge < -0.3 is 14.2 Å². The van der Waals surface area contributed by atoms with Gasteiger partial charge in [0.05, 0.1) is 18.6 Å². The predicted molar refractivity (Wildman–Crippen MR) is 85.5 cm³/mol. The van der Waals surface area contributed by atoms with Gasteiger partial charge in [-0.25, -0.2) is 0 Å². The minimum atomic E-state index is -0.443. The van der Waals surface area contributed by atoms with Crippen molar-refractivity contribution in [1.82, 2.24) is 0 Å². The molecule has 2 aliphatic rings. The van der Waals surface area contributed by atoms with Crippen LogP contribution >= 0.6 is 23.2 Å². The molecule has 0 N–H and O–H groups in total. The molecule has 0 saturated carbocycles. The van der Waals surface area contributed by atoms with E-state index in [2.05, 4.69) is 0 Å². The Bertz CT molecular complexity index is 803. The van der Waals surface area contributed by atoms with Crippen molar-refractivity contribution in [3.8, 4) is 11.5 Å². The Morgan fingerprint density at radius 1 is 1.09 bits per heavy atom. The lowest BCUT2D eigenvalue weighted by atomic mass is 9.94. The van der Waals surface area contributed by atoms with Crippen LogP contribution < -0.4 is 9.47 Å². The second kappa shape index (κ2) is 5.71. The molecule has 0 radical (unpaired) electrons. The molecule has 0 saturated heterocycles. The Kier molecular flexibility index (Phi) is 3.68. The van der Waals surface area contributed by atoms with Crippen molar-refractivity contribution in [2.24, 2.45) is 0 Å². The second-order valence-corrected chi connectivity index (χ2v) is 6.34. The van der Waals surface area contributed by atoms with Gasteiger partial charge in [-0.3, -0.25) is 4.79 Å². The number of ketones is 1. The van der Waals surface area contributed by atoms with Crippen LogP contribution in [0.25, 0.3) is 0 Å². The number of fused-ring (bicyclic) bond motifs is 2. The van der Waals surface area contributed by atoms with Crippen LogP contribution in [0.3, 0.4) is 0 Å². The highest BCUT2D eigenvalue weighted by Gasteiger charge is 2.31. The van der Waals surface area contributed by atoms with Crippen molar-refractivity contribution in [3.05, 3.63) is 57.1 Å². The van der Waals surface area contributed by atoms with E-state index in [1.54, 1.807) is 30.3 Å². The maximum absolute atomic E-state index is 12.4. The van der Waals surface area contributed by atoms with Gasteiger partial charge in [0, 0.05) is 21.2 Å². The highest BCUT2D eigenvalue weighted by atomic mass is 35.5. The molecule has 2 aromatic carbocycles. The van der Waals surface area contributed by atoms with Crippen molar-refractivity contribution in [2.75, 3.05) is 6.79 Å². The molecule has 0 aliphatic carbocycles. The molecule has 4 rings (SSSR count). The van der Waals surface area contributed by atoms with E-state index in [-0.39, 0.29) is 19.0 Å². The van der Waals surface area contributed by atoms with E-state index in [0.29, 0.717) is 33.7 Å². The highest BCUT2D eigenvalue weighted by molar-refractivity contribution is 6.31. The first kappa shape index (κ1) is 14.8. The van der Waals surface area contributed by atoms with Crippen molar-refractivity contribution in [1.29, 1.82) is 0 Å². The van der Waals surface area contributed by atoms with Gasteiger partial charge in [-0.05, 0) is 30.3 Å². The first-order valence-electron chi connectivity index (χ1n) is 7.14. The average molecular weight is 351 g/mol. The molecule has 23 heavy (non-hydrogen) atoms. The Balaban J connectivity index is 1.76. The first-order chi connectivity index (χ1) is 11.1. The van der Waals surface area contributed by atoms with Crippen LogP contribution in [0.15, 0.2) is 30.3 Å². The van der Waals surface area contributed by atoms with Gasteiger partial charge in [-0.1, -0.05) is 23.2 Å². The van der Waals surface area contributed by atoms with Crippen molar-refractivity contribution < 1.29 is 19.0 Å². The molecule has 0 amide bonds. The standard InChI is InChI=1S/C17H12Cl2O4/c18-10-1-2-15-12(4-10)14(20)6-16(23-15)13-5-11(19)3-9-7-21-8-22-17(9)13/h1-5,16H,6-8H2. The van der Waals surface area contributed by atoms with Crippen LogP contribution in [-0.2, 0) is 11.3 Å². The molecular formula is C17H12Cl2O4. The average Bonchev–Trinajstić information content (AvgIpc) is 2.54. The second-order valence-electron chi connectivity index (χ2n) is 5.47. The lowest BCUT2D eigenvalue weighted by Crippen LogP contribution is -2.22. The van der Waals surface area contributed by atoms with Gasteiger partial charge in [0.25, 0.3) is 0 Å². The lowest BCUT2D eigenvalue weighted by molar-refractivity contribution is -0.0183. The minimum absolute atomic E-state index is 0.0143. The zero-order valence-electron chi connectivity index (χ0n) is 12.0. The van der Waals surface area contributed by atoms with E-state index in [4.69, 9.17) is 37.4 Å². The van der Waals surface area contributed by atoms with Gasteiger partial charge in [-0.15, -0.1) is 0 Å². The molecule has 1 atom stereocenters. The number of rotatable bonds is 1. The fraction of sp³-hybridized carbons (Fsp3) is 0.235. The summed E-state index contributed by atoms with van der Waals surface area (Å²) in [6.07, 6.45) is -0.230. The van der Waals surface area contributed by atoms with E-state index >= 15 is 0 Å². The maximum atomic E-state index is 12.4. The van der Waals surface area contributed by atoms with Crippen LogP contribution in [0.4, 0.5) is 0 Å². The molecule has 0 bridgehead atoms. The summed E-state index contributed by atoms with van der Waals surface area (Å²) >= 11 is 12.1. The molecule has 0 aromatic heterocycles. The number of halogens is 2. The van der Waals surface area contributed by atoms with Crippen molar-refractivity contribution in [3.63, 3.8) is 0 Å². The van der Waals surface area contributed by atoms with Crippen LogP contribution in [0, 0.1) is 0 Å². The summed E-state index contributed by atoms with van der Waals surface area (Å²) in [5.41, 5.74) is 2.13. The highest BCUT2D eigenvalue weighted by Crippen LogP contribution is 2.42. The SMILES string of the molecule is O=C1CC(c2cc(Cl)cc3c2OCOC3)Oc2ccc(Cl)cc21. The van der Waals surface area contributed by atoms with E-state index in [0.717, 1.165) is 11.1 Å². The Hall–Kier alpha value is -1.75. The van der Waals surface area contributed by atoms with Crippen LogP contribution in [0.1, 0.15) is 34.0 Å². The van der Waals surface area contributed by atoms with Gasteiger partial charge >= 0.3 is 0 Å². The number of Topliss-reactive ketones (excluding diaryl/α,β-unsaturated/α-hetero) is 1. The molecule has 4 nitrogen and oxygen atoms in total. The summed E-state index contributed by atoms with van der Waals surface area (Å²) in [4.78, 5) is 12.4. The third-order valence-corrected chi connectivity index (χ3v) is 4.39. The fourth-order valence-electron chi connectivity index (χ4n) is 2.92. The molecule has 6 heteroatoms. The third-order valence-electron chi connectivity index (χ3n) is 3.93. The van der Waals surface area contributed by atoms with Gasteiger partial charge in [0.1, 0.15) is 17.6 Å². The summed E-state index contributed by atoms with van der Waals surface area (Å²) < 4.78 is 16.9. The van der Waals surface area contributed by atoms with Crippen molar-refractivity contribution >= 4 is 29.0 Å². The number of ether oxygens (including phenoxy) is 3. The van der Waals surface area contributed by atoms with Crippen molar-refractivity contribution in [2.45, 2.75) is 19.1 Å². The zero-order chi connectivity index (χ0) is 16.0.